The Labute approximate surface area is 178 Å². The van der Waals surface area contributed by atoms with E-state index in [0.29, 0.717) is 12.0 Å². The first kappa shape index (κ1) is 23.6. The lowest BCUT2D eigenvalue weighted by molar-refractivity contribution is -0.159. The molecule has 1 aliphatic rings. The maximum absolute atomic E-state index is 12.6. The van der Waals surface area contributed by atoms with Crippen molar-refractivity contribution in [3.63, 3.8) is 0 Å². The van der Waals surface area contributed by atoms with Crippen LogP contribution in [0.4, 0.5) is 0 Å². The van der Waals surface area contributed by atoms with Gasteiger partial charge in [0.15, 0.2) is 0 Å². The third-order valence-corrected chi connectivity index (χ3v) is 4.99. The van der Waals surface area contributed by atoms with Crippen LogP contribution in [0.5, 0.6) is 0 Å². The highest BCUT2D eigenvalue weighted by Crippen LogP contribution is 2.26. The molecule has 1 aromatic rings. The van der Waals surface area contributed by atoms with E-state index in [2.05, 4.69) is 0 Å². The number of amides is 1. The van der Waals surface area contributed by atoms with E-state index in [1.165, 1.54) is 4.90 Å². The van der Waals surface area contributed by atoms with Gasteiger partial charge in [0.25, 0.3) is 0 Å². The van der Waals surface area contributed by atoms with Crippen molar-refractivity contribution in [1.82, 2.24) is 4.90 Å². The van der Waals surface area contributed by atoms with Crippen LogP contribution in [0.25, 0.3) is 0 Å². The molecule has 1 aromatic carbocycles. The van der Waals surface area contributed by atoms with Crippen LogP contribution in [0.1, 0.15) is 53.0 Å². The van der Waals surface area contributed by atoms with Crippen LogP contribution in [-0.4, -0.2) is 46.5 Å². The highest BCUT2D eigenvalue weighted by atomic mass is 16.6. The molecule has 0 aromatic heterocycles. The molecular weight excluding hydrogens is 384 g/mol. The Morgan fingerprint density at radius 1 is 1.17 bits per heavy atom. The van der Waals surface area contributed by atoms with Crippen LogP contribution in [0.2, 0.25) is 0 Å². The summed E-state index contributed by atoms with van der Waals surface area (Å²) in [6, 6.07) is 8.61. The molecule has 0 saturated carbocycles. The van der Waals surface area contributed by atoms with Gasteiger partial charge in [-0.05, 0) is 52.2 Å². The third kappa shape index (κ3) is 6.16. The van der Waals surface area contributed by atoms with Gasteiger partial charge in [0.2, 0.25) is 5.91 Å². The zero-order chi connectivity index (χ0) is 22.5. The Kier molecular flexibility index (Phi) is 7.42. The summed E-state index contributed by atoms with van der Waals surface area (Å²) in [5.41, 5.74) is 5.77. The number of benzene rings is 1. The van der Waals surface area contributed by atoms with Crippen LogP contribution >= 0.6 is 0 Å². The van der Waals surface area contributed by atoms with Crippen molar-refractivity contribution < 1.29 is 23.9 Å². The van der Waals surface area contributed by atoms with E-state index >= 15 is 0 Å². The van der Waals surface area contributed by atoms with E-state index < -0.39 is 29.1 Å². The third-order valence-electron chi connectivity index (χ3n) is 4.99. The Bertz CT molecular complexity index is 809. The van der Waals surface area contributed by atoms with Crippen LogP contribution < -0.4 is 5.73 Å². The Balaban J connectivity index is 2.01. The molecule has 2 N–H and O–H groups in total. The van der Waals surface area contributed by atoms with Crippen LogP contribution in [0.3, 0.4) is 0 Å². The molecule has 7 heteroatoms. The lowest BCUT2D eigenvalue weighted by Crippen LogP contribution is -2.50. The van der Waals surface area contributed by atoms with Gasteiger partial charge in [-0.3, -0.25) is 4.79 Å². The summed E-state index contributed by atoms with van der Waals surface area (Å²) in [7, 11) is 0. The number of nitrogens with two attached hydrogens (primary N) is 1. The van der Waals surface area contributed by atoms with Gasteiger partial charge in [-0.2, -0.15) is 0 Å². The van der Waals surface area contributed by atoms with E-state index in [-0.39, 0.29) is 25.5 Å². The molecule has 0 fully saturated rings. The summed E-state index contributed by atoms with van der Waals surface area (Å²) < 4.78 is 10.8. The molecule has 1 amide bonds. The minimum atomic E-state index is -1.35. The lowest BCUT2D eigenvalue weighted by Gasteiger charge is -2.31. The second kappa shape index (κ2) is 9.43. The van der Waals surface area contributed by atoms with Gasteiger partial charge < -0.3 is 20.1 Å². The van der Waals surface area contributed by atoms with E-state index in [0.717, 1.165) is 5.56 Å². The molecule has 0 spiro atoms. The molecule has 1 aliphatic heterocycles. The number of carbonyl (C=O) groups excluding carboxylic acids is 3. The van der Waals surface area contributed by atoms with E-state index in [1.807, 2.05) is 30.3 Å². The molecule has 2 unspecified atom stereocenters. The van der Waals surface area contributed by atoms with Crippen molar-refractivity contribution in [1.29, 1.82) is 0 Å². The smallest absolute Gasteiger partial charge is 0.330 e. The van der Waals surface area contributed by atoms with Crippen molar-refractivity contribution in [2.75, 3.05) is 6.54 Å². The van der Waals surface area contributed by atoms with Crippen LogP contribution in [0.15, 0.2) is 42.0 Å². The molecular formula is C23H32N2O5. The van der Waals surface area contributed by atoms with Gasteiger partial charge in [-0.15, -0.1) is 0 Å². The van der Waals surface area contributed by atoms with E-state index in [1.54, 1.807) is 40.7 Å². The fourth-order valence-electron chi connectivity index (χ4n) is 3.17. The quantitative estimate of drug-likeness (QED) is 0.565. The van der Waals surface area contributed by atoms with Gasteiger partial charge in [-0.1, -0.05) is 36.4 Å². The first-order valence-corrected chi connectivity index (χ1v) is 10.1. The molecule has 1 heterocycles. The van der Waals surface area contributed by atoms with Crippen molar-refractivity contribution >= 4 is 17.8 Å². The fourth-order valence-corrected chi connectivity index (χ4v) is 3.17. The Morgan fingerprint density at radius 2 is 1.80 bits per heavy atom. The number of nitrogens with zero attached hydrogens (tertiary/aromatic N) is 1. The summed E-state index contributed by atoms with van der Waals surface area (Å²) in [4.78, 5) is 39.1. The standard InChI is InChI=1S/C23H32N2O5/c1-16(20(27)29-15-17-9-7-6-8-10-17)25-14-13-18(11-12-19(25)26)23(5,24)21(28)30-22(2,3)4/h6-11,16H,12-15,24H2,1-5H3. The van der Waals surface area contributed by atoms with Gasteiger partial charge in [0.1, 0.15) is 23.8 Å². The molecule has 7 nitrogen and oxygen atoms in total. The fraction of sp³-hybridized carbons (Fsp3) is 0.522. The molecule has 0 radical (unpaired) electrons. The molecule has 0 bridgehead atoms. The molecule has 2 rings (SSSR count). The van der Waals surface area contributed by atoms with Crippen LogP contribution in [0, 0.1) is 0 Å². The number of carbonyl (C=O) groups is 3. The Hall–Kier alpha value is -2.67. The summed E-state index contributed by atoms with van der Waals surface area (Å²) in [5, 5.41) is 0. The average Bonchev–Trinajstić information content (AvgIpc) is 2.87. The SMILES string of the molecule is CC(C(=O)OCc1ccccc1)N1CCC(C(C)(N)C(=O)OC(C)(C)C)=CCC1=O. The summed E-state index contributed by atoms with van der Waals surface area (Å²) >= 11 is 0. The molecule has 30 heavy (non-hydrogen) atoms. The maximum atomic E-state index is 12.6. The topological polar surface area (TPSA) is 98.9 Å². The van der Waals surface area contributed by atoms with Gasteiger partial charge in [-0.25, -0.2) is 9.59 Å². The number of esters is 2. The number of hydrogen-bond donors (Lipinski definition) is 1. The summed E-state index contributed by atoms with van der Waals surface area (Å²) in [6.45, 7) is 8.97. The minimum Gasteiger partial charge on any atom is -0.459 e. The average molecular weight is 417 g/mol. The highest BCUT2D eigenvalue weighted by molar-refractivity contribution is 5.87. The van der Waals surface area contributed by atoms with Crippen molar-refractivity contribution in [2.45, 2.75) is 71.2 Å². The maximum Gasteiger partial charge on any atom is 0.330 e. The Morgan fingerprint density at radius 3 is 2.40 bits per heavy atom. The normalized spacial score (nSPS) is 18.0. The molecule has 2 atom stereocenters. The zero-order valence-electron chi connectivity index (χ0n) is 18.4. The van der Waals surface area contributed by atoms with Gasteiger partial charge in [0, 0.05) is 13.0 Å². The predicted octanol–water partition coefficient (Wildman–Crippen LogP) is 2.73. The van der Waals surface area contributed by atoms with E-state index in [9.17, 15) is 14.4 Å². The summed E-state index contributed by atoms with van der Waals surface area (Å²) in [5.74, 6) is -1.23. The number of rotatable bonds is 6. The van der Waals surface area contributed by atoms with Gasteiger partial charge >= 0.3 is 11.9 Å². The highest BCUT2D eigenvalue weighted by Gasteiger charge is 2.39. The van der Waals surface area contributed by atoms with Gasteiger partial charge in [0.05, 0.1) is 0 Å². The summed E-state index contributed by atoms with van der Waals surface area (Å²) in [6.07, 6.45) is 2.10. The monoisotopic (exact) mass is 416 g/mol. The lowest BCUT2D eigenvalue weighted by atomic mass is 9.89. The van der Waals surface area contributed by atoms with Crippen molar-refractivity contribution in [3.05, 3.63) is 47.5 Å². The minimum absolute atomic E-state index is 0.0568. The first-order valence-electron chi connectivity index (χ1n) is 10.1. The number of hydrogen-bond acceptors (Lipinski definition) is 6. The van der Waals surface area contributed by atoms with Crippen LogP contribution in [-0.2, 0) is 30.5 Å². The van der Waals surface area contributed by atoms with E-state index in [4.69, 9.17) is 15.2 Å². The molecule has 0 aliphatic carbocycles. The van der Waals surface area contributed by atoms with Crippen molar-refractivity contribution in [2.24, 2.45) is 5.73 Å². The largest absolute Gasteiger partial charge is 0.459 e. The van der Waals surface area contributed by atoms with Crippen molar-refractivity contribution in [3.8, 4) is 0 Å². The second-order valence-electron chi connectivity index (χ2n) is 8.74. The second-order valence-corrected chi connectivity index (χ2v) is 8.74. The first-order chi connectivity index (χ1) is 13.9. The number of ether oxygens (including phenoxy) is 2. The zero-order valence-corrected chi connectivity index (χ0v) is 18.4. The molecule has 0 saturated heterocycles. The molecule has 164 valence electrons. The predicted molar refractivity (Wildman–Crippen MR) is 113 cm³/mol.